The van der Waals surface area contributed by atoms with Gasteiger partial charge in [0.25, 0.3) is 0 Å². The molecule has 0 saturated carbocycles. The van der Waals surface area contributed by atoms with Gasteiger partial charge in [0, 0.05) is 13.1 Å². The molecule has 22 heavy (non-hydrogen) atoms. The SMILES string of the molecule is O=S(=O)(F)CCN(CCS(=O)(=O)F)S(=O)(=O)c1ccccc1. The Morgan fingerprint density at radius 3 is 1.55 bits per heavy atom. The fourth-order valence-electron chi connectivity index (χ4n) is 1.52. The largest absolute Gasteiger partial charge is 0.303 e. The summed E-state index contributed by atoms with van der Waals surface area (Å²) in [6.45, 7) is -1.66. The molecule has 12 heteroatoms. The van der Waals surface area contributed by atoms with E-state index in [1.165, 1.54) is 30.3 Å². The molecule has 0 heterocycles. The number of hydrogen-bond donors (Lipinski definition) is 0. The minimum Gasteiger partial charge on any atom is -0.207 e. The highest BCUT2D eigenvalue weighted by Gasteiger charge is 2.27. The lowest BCUT2D eigenvalue weighted by Crippen LogP contribution is -2.37. The van der Waals surface area contributed by atoms with Gasteiger partial charge in [-0.25, -0.2) is 8.42 Å². The quantitative estimate of drug-likeness (QED) is 0.603. The van der Waals surface area contributed by atoms with Crippen LogP contribution in [-0.4, -0.2) is 54.2 Å². The van der Waals surface area contributed by atoms with Crippen LogP contribution >= 0.6 is 0 Å². The van der Waals surface area contributed by atoms with Crippen molar-refractivity contribution in [2.24, 2.45) is 0 Å². The molecule has 0 radical (unpaired) electrons. The second-order valence-electron chi connectivity index (χ2n) is 4.20. The van der Waals surface area contributed by atoms with Crippen LogP contribution in [0.3, 0.4) is 0 Å². The predicted molar refractivity (Wildman–Crippen MR) is 75.0 cm³/mol. The molecule has 0 bridgehead atoms. The number of halogens is 2. The van der Waals surface area contributed by atoms with Gasteiger partial charge in [-0.15, -0.1) is 7.77 Å². The van der Waals surface area contributed by atoms with Crippen molar-refractivity contribution < 1.29 is 33.0 Å². The summed E-state index contributed by atoms with van der Waals surface area (Å²) in [7, 11) is -14.2. The van der Waals surface area contributed by atoms with Gasteiger partial charge in [-0.1, -0.05) is 18.2 Å². The maximum absolute atomic E-state index is 12.6. The van der Waals surface area contributed by atoms with Crippen LogP contribution in [0.2, 0.25) is 0 Å². The maximum atomic E-state index is 12.6. The lowest BCUT2D eigenvalue weighted by atomic mass is 10.4. The summed E-state index contributed by atoms with van der Waals surface area (Å²) in [5.74, 6) is -2.32. The van der Waals surface area contributed by atoms with E-state index in [0.717, 1.165) is 0 Å². The Morgan fingerprint density at radius 2 is 1.18 bits per heavy atom. The molecule has 7 nitrogen and oxygen atoms in total. The van der Waals surface area contributed by atoms with Crippen LogP contribution in [0.15, 0.2) is 35.2 Å². The number of rotatable bonds is 8. The van der Waals surface area contributed by atoms with Crippen molar-refractivity contribution in [1.82, 2.24) is 4.31 Å². The molecular formula is C10H13F2NO6S3. The molecule has 0 amide bonds. The summed E-state index contributed by atoms with van der Waals surface area (Å²) in [4.78, 5) is -0.248. The second-order valence-corrected chi connectivity index (χ2v) is 9.11. The molecule has 0 aliphatic heterocycles. The smallest absolute Gasteiger partial charge is 0.207 e. The van der Waals surface area contributed by atoms with E-state index in [4.69, 9.17) is 0 Å². The average molecular weight is 377 g/mol. The molecule has 1 aromatic rings. The van der Waals surface area contributed by atoms with Crippen molar-refractivity contribution in [3.05, 3.63) is 30.3 Å². The Labute approximate surface area is 128 Å². The molecule has 0 fully saturated rings. The molecule has 0 unspecified atom stereocenters. The fraction of sp³-hybridized carbons (Fsp3) is 0.400. The summed E-state index contributed by atoms with van der Waals surface area (Å²) < 4.78 is 92.2. The first-order valence-corrected chi connectivity index (χ1v) is 10.4. The second kappa shape index (κ2) is 6.98. The van der Waals surface area contributed by atoms with Gasteiger partial charge in [0.15, 0.2) is 0 Å². The highest BCUT2D eigenvalue weighted by Crippen LogP contribution is 2.15. The van der Waals surface area contributed by atoms with Crippen molar-refractivity contribution in [3.8, 4) is 0 Å². The Kier molecular flexibility index (Phi) is 6.01. The molecule has 0 aromatic heterocycles. The first-order chi connectivity index (χ1) is 9.92. The van der Waals surface area contributed by atoms with Crippen LogP contribution in [0.5, 0.6) is 0 Å². The number of hydrogen-bond acceptors (Lipinski definition) is 6. The number of benzene rings is 1. The van der Waals surface area contributed by atoms with Crippen LogP contribution < -0.4 is 0 Å². The molecule has 0 aliphatic carbocycles. The van der Waals surface area contributed by atoms with Gasteiger partial charge < -0.3 is 0 Å². The van der Waals surface area contributed by atoms with E-state index in [0.29, 0.717) is 4.31 Å². The van der Waals surface area contributed by atoms with Crippen LogP contribution in [0, 0.1) is 0 Å². The summed E-state index contributed by atoms with van der Waals surface area (Å²) >= 11 is 0. The van der Waals surface area contributed by atoms with Crippen LogP contribution in [0.25, 0.3) is 0 Å². The minimum atomic E-state index is -4.96. The molecule has 0 N–H and O–H groups in total. The zero-order valence-electron chi connectivity index (χ0n) is 11.1. The maximum Gasteiger partial charge on any atom is 0.303 e. The summed E-state index contributed by atoms with van der Waals surface area (Å²) in [6, 6.07) is 6.69. The van der Waals surface area contributed by atoms with Gasteiger partial charge in [-0.3, -0.25) is 0 Å². The topological polar surface area (TPSA) is 106 Å². The van der Waals surface area contributed by atoms with Gasteiger partial charge in [-0.05, 0) is 12.1 Å². The Morgan fingerprint density at radius 1 is 0.773 bits per heavy atom. The van der Waals surface area contributed by atoms with E-state index in [2.05, 4.69) is 0 Å². The molecule has 0 aliphatic rings. The number of sulfonamides is 1. The van der Waals surface area contributed by atoms with Crippen LogP contribution in [0.4, 0.5) is 7.77 Å². The first kappa shape index (κ1) is 18.9. The van der Waals surface area contributed by atoms with Gasteiger partial charge in [0.2, 0.25) is 10.0 Å². The summed E-state index contributed by atoms with van der Waals surface area (Å²) in [6.07, 6.45) is 0. The molecule has 0 atom stereocenters. The zero-order chi connectivity index (χ0) is 17.0. The molecule has 1 aromatic carbocycles. The van der Waals surface area contributed by atoms with Gasteiger partial charge in [-0.2, -0.15) is 21.1 Å². The van der Waals surface area contributed by atoms with Gasteiger partial charge in [0.05, 0.1) is 16.4 Å². The molecular weight excluding hydrogens is 364 g/mol. The summed E-state index contributed by atoms with van der Waals surface area (Å²) in [5, 5.41) is 0. The minimum absolute atomic E-state index is 0.248. The van der Waals surface area contributed by atoms with Crippen molar-refractivity contribution in [2.45, 2.75) is 4.90 Å². The first-order valence-electron chi connectivity index (χ1n) is 5.82. The lowest BCUT2D eigenvalue weighted by Gasteiger charge is -2.20. The van der Waals surface area contributed by atoms with E-state index in [-0.39, 0.29) is 4.90 Å². The Hall–Kier alpha value is -1.11. The summed E-state index contributed by atoms with van der Waals surface area (Å²) in [5.41, 5.74) is 0. The standard InChI is InChI=1S/C10H13F2NO6S3/c11-20(14,15)8-6-13(7-9-21(12,16)17)22(18,19)10-4-2-1-3-5-10/h1-5H,6-9H2. The van der Waals surface area contributed by atoms with E-state index in [1.54, 1.807) is 0 Å². The van der Waals surface area contributed by atoms with Crippen molar-refractivity contribution in [2.75, 3.05) is 24.6 Å². The predicted octanol–water partition coefficient (Wildman–Crippen LogP) is 0.276. The van der Waals surface area contributed by atoms with E-state index in [1.807, 2.05) is 0 Å². The Bertz CT molecular complexity index is 769. The normalized spacial score (nSPS) is 13.4. The van der Waals surface area contributed by atoms with E-state index >= 15 is 0 Å². The van der Waals surface area contributed by atoms with Gasteiger partial charge >= 0.3 is 20.4 Å². The highest BCUT2D eigenvalue weighted by atomic mass is 32.3. The molecule has 0 saturated heterocycles. The highest BCUT2D eigenvalue weighted by molar-refractivity contribution is 7.89. The van der Waals surface area contributed by atoms with Crippen LogP contribution in [0.1, 0.15) is 0 Å². The van der Waals surface area contributed by atoms with Crippen molar-refractivity contribution in [3.63, 3.8) is 0 Å². The Balaban J connectivity index is 3.08. The fourth-order valence-corrected chi connectivity index (χ4v) is 4.09. The third-order valence-electron chi connectivity index (χ3n) is 2.55. The third kappa shape index (κ3) is 6.34. The van der Waals surface area contributed by atoms with E-state index in [9.17, 15) is 33.0 Å². The average Bonchev–Trinajstić information content (AvgIpc) is 2.36. The lowest BCUT2D eigenvalue weighted by molar-refractivity contribution is 0.438. The van der Waals surface area contributed by atoms with Crippen LogP contribution in [-0.2, 0) is 30.5 Å². The molecule has 0 spiro atoms. The van der Waals surface area contributed by atoms with E-state index < -0.39 is 55.1 Å². The molecule has 1 rings (SSSR count). The van der Waals surface area contributed by atoms with Crippen molar-refractivity contribution in [1.29, 1.82) is 0 Å². The molecule has 126 valence electrons. The van der Waals surface area contributed by atoms with Gasteiger partial charge in [0.1, 0.15) is 0 Å². The van der Waals surface area contributed by atoms with Crippen molar-refractivity contribution >= 4 is 30.5 Å². The zero-order valence-corrected chi connectivity index (χ0v) is 13.5. The monoisotopic (exact) mass is 377 g/mol. The number of nitrogens with zero attached hydrogens (tertiary/aromatic N) is 1. The third-order valence-corrected chi connectivity index (χ3v) is 5.80.